The molecule has 126 valence electrons. The van der Waals surface area contributed by atoms with E-state index in [-0.39, 0.29) is 22.2 Å². The van der Waals surface area contributed by atoms with Crippen molar-refractivity contribution in [3.05, 3.63) is 47.1 Å². The smallest absolute Gasteiger partial charge is 0.338 e. The topological polar surface area (TPSA) is 88.5 Å². The highest BCUT2D eigenvalue weighted by atomic mass is 35.5. The zero-order valence-corrected chi connectivity index (χ0v) is 14.4. The van der Waals surface area contributed by atoms with Crippen LogP contribution < -0.4 is 10.1 Å². The minimum Gasteiger partial charge on any atom is -0.492 e. The maximum Gasteiger partial charge on any atom is 0.338 e. The van der Waals surface area contributed by atoms with Gasteiger partial charge >= 0.3 is 5.97 Å². The maximum atomic E-state index is 12.1. The molecule has 0 fully saturated rings. The van der Waals surface area contributed by atoms with Gasteiger partial charge in [-0.3, -0.25) is 4.79 Å². The molecule has 8 heteroatoms. The molecular formula is C16H15ClN2O4S. The third kappa shape index (κ3) is 4.87. The first-order valence-corrected chi connectivity index (χ1v) is 8.41. The number of aromatic nitrogens is 1. The van der Waals surface area contributed by atoms with Gasteiger partial charge in [0.15, 0.2) is 0 Å². The number of thioether (sulfide) groups is 1. The maximum absolute atomic E-state index is 12.1. The van der Waals surface area contributed by atoms with Gasteiger partial charge in [0.05, 0.1) is 23.6 Å². The van der Waals surface area contributed by atoms with E-state index in [9.17, 15) is 9.59 Å². The van der Waals surface area contributed by atoms with Crippen LogP contribution in [0.2, 0.25) is 5.02 Å². The van der Waals surface area contributed by atoms with E-state index in [2.05, 4.69) is 10.3 Å². The van der Waals surface area contributed by atoms with Gasteiger partial charge in [0, 0.05) is 11.2 Å². The van der Waals surface area contributed by atoms with Gasteiger partial charge in [-0.15, -0.1) is 0 Å². The number of halogens is 1. The molecule has 2 aromatic rings. The van der Waals surface area contributed by atoms with Crippen LogP contribution in [-0.4, -0.2) is 34.3 Å². The van der Waals surface area contributed by atoms with Crippen LogP contribution in [0.3, 0.4) is 0 Å². The van der Waals surface area contributed by atoms with E-state index in [1.807, 2.05) is 6.92 Å². The van der Waals surface area contributed by atoms with Crippen molar-refractivity contribution < 1.29 is 19.4 Å². The Morgan fingerprint density at radius 1 is 1.38 bits per heavy atom. The van der Waals surface area contributed by atoms with Crippen LogP contribution in [0, 0.1) is 0 Å². The monoisotopic (exact) mass is 366 g/mol. The van der Waals surface area contributed by atoms with E-state index in [1.54, 1.807) is 18.2 Å². The zero-order chi connectivity index (χ0) is 17.5. The fourth-order valence-electron chi connectivity index (χ4n) is 1.87. The molecule has 0 spiro atoms. The molecule has 0 saturated heterocycles. The van der Waals surface area contributed by atoms with Crippen LogP contribution >= 0.6 is 23.4 Å². The largest absolute Gasteiger partial charge is 0.492 e. The number of carboxylic acid groups (broad SMARTS) is 1. The molecule has 0 aliphatic carbocycles. The molecule has 0 unspecified atom stereocenters. The van der Waals surface area contributed by atoms with Crippen molar-refractivity contribution in [1.29, 1.82) is 0 Å². The Labute approximate surface area is 148 Å². The van der Waals surface area contributed by atoms with Crippen molar-refractivity contribution in [3.63, 3.8) is 0 Å². The van der Waals surface area contributed by atoms with E-state index >= 15 is 0 Å². The fraction of sp³-hybridized carbons (Fsp3) is 0.188. The highest BCUT2D eigenvalue weighted by molar-refractivity contribution is 8.00. The Kier molecular flexibility index (Phi) is 6.45. The van der Waals surface area contributed by atoms with Crippen LogP contribution in [0.15, 0.2) is 41.6 Å². The van der Waals surface area contributed by atoms with Crippen LogP contribution in [0.1, 0.15) is 17.3 Å². The molecule has 1 aromatic heterocycles. The quantitative estimate of drug-likeness (QED) is 0.728. The van der Waals surface area contributed by atoms with Crippen LogP contribution in [0.4, 0.5) is 5.69 Å². The first-order chi connectivity index (χ1) is 11.5. The molecule has 6 nitrogen and oxygen atoms in total. The summed E-state index contributed by atoms with van der Waals surface area (Å²) >= 11 is 6.99. The van der Waals surface area contributed by atoms with Crippen molar-refractivity contribution in [2.75, 3.05) is 17.7 Å². The Morgan fingerprint density at radius 3 is 2.88 bits per heavy atom. The number of pyridine rings is 1. The summed E-state index contributed by atoms with van der Waals surface area (Å²) in [5, 5.41) is 12.6. The number of amides is 1. The van der Waals surface area contributed by atoms with Gasteiger partial charge in [0.1, 0.15) is 10.8 Å². The molecule has 0 saturated carbocycles. The molecule has 1 amide bonds. The van der Waals surface area contributed by atoms with Crippen molar-refractivity contribution >= 4 is 40.9 Å². The minimum atomic E-state index is -1.08. The van der Waals surface area contributed by atoms with Crippen LogP contribution in [-0.2, 0) is 4.79 Å². The lowest BCUT2D eigenvalue weighted by Gasteiger charge is -2.12. The highest BCUT2D eigenvalue weighted by Crippen LogP contribution is 2.28. The predicted octanol–water partition coefficient (Wildman–Crippen LogP) is 3.56. The Bertz CT molecular complexity index is 755. The summed E-state index contributed by atoms with van der Waals surface area (Å²) in [4.78, 5) is 27.3. The van der Waals surface area contributed by atoms with E-state index in [0.717, 1.165) is 11.8 Å². The van der Waals surface area contributed by atoms with E-state index in [4.69, 9.17) is 21.4 Å². The van der Waals surface area contributed by atoms with Crippen molar-refractivity contribution in [2.45, 2.75) is 11.9 Å². The standard InChI is InChI=1S/C16H15ClN2O4S/c1-2-23-13-6-5-10(17)8-12(13)19-14(20)9-24-15-11(16(21)22)4-3-7-18-15/h3-8H,2,9H2,1H3,(H,19,20)(H,21,22). The third-order valence-corrected chi connectivity index (χ3v) is 4.10. The summed E-state index contributed by atoms with van der Waals surface area (Å²) in [5.74, 6) is -0.871. The molecule has 1 aromatic carbocycles. The Balaban J connectivity index is 2.04. The third-order valence-electron chi connectivity index (χ3n) is 2.86. The first kappa shape index (κ1) is 18.1. The number of carboxylic acids is 1. The summed E-state index contributed by atoms with van der Waals surface area (Å²) in [6.45, 7) is 2.29. The summed E-state index contributed by atoms with van der Waals surface area (Å²) in [5.41, 5.74) is 0.530. The SMILES string of the molecule is CCOc1ccc(Cl)cc1NC(=O)CSc1ncccc1C(=O)O. The summed E-state index contributed by atoms with van der Waals surface area (Å²) in [7, 11) is 0. The molecule has 0 aliphatic rings. The molecule has 0 radical (unpaired) electrons. The second-order valence-electron chi connectivity index (χ2n) is 4.57. The van der Waals surface area contributed by atoms with Gasteiger partial charge in [0.2, 0.25) is 5.91 Å². The highest BCUT2D eigenvalue weighted by Gasteiger charge is 2.14. The average Bonchev–Trinajstić information content (AvgIpc) is 2.56. The lowest BCUT2D eigenvalue weighted by molar-refractivity contribution is -0.113. The molecule has 1 heterocycles. The number of ether oxygens (including phenoxy) is 1. The fourth-order valence-corrected chi connectivity index (χ4v) is 2.83. The number of hydrogen-bond donors (Lipinski definition) is 2. The summed E-state index contributed by atoms with van der Waals surface area (Å²) < 4.78 is 5.44. The number of nitrogens with one attached hydrogen (secondary N) is 1. The number of anilines is 1. The normalized spacial score (nSPS) is 10.2. The lowest BCUT2D eigenvalue weighted by Crippen LogP contribution is -2.15. The minimum absolute atomic E-state index is 0.00930. The number of aromatic carboxylic acids is 1. The van der Waals surface area contributed by atoms with Gasteiger partial charge in [-0.1, -0.05) is 23.4 Å². The second-order valence-corrected chi connectivity index (χ2v) is 5.97. The molecular weight excluding hydrogens is 352 g/mol. The number of carbonyl (C=O) groups is 2. The van der Waals surface area contributed by atoms with Gasteiger partial charge in [-0.05, 0) is 37.3 Å². The Morgan fingerprint density at radius 2 is 2.17 bits per heavy atom. The predicted molar refractivity (Wildman–Crippen MR) is 93.2 cm³/mol. The summed E-state index contributed by atoms with van der Waals surface area (Å²) in [6.07, 6.45) is 1.48. The van der Waals surface area contributed by atoms with E-state index in [0.29, 0.717) is 23.1 Å². The summed E-state index contributed by atoms with van der Waals surface area (Å²) in [6, 6.07) is 7.92. The molecule has 24 heavy (non-hydrogen) atoms. The lowest BCUT2D eigenvalue weighted by atomic mass is 10.3. The number of benzene rings is 1. The van der Waals surface area contributed by atoms with E-state index < -0.39 is 5.97 Å². The van der Waals surface area contributed by atoms with Gasteiger partial charge < -0.3 is 15.2 Å². The van der Waals surface area contributed by atoms with Crippen molar-refractivity contribution in [1.82, 2.24) is 4.98 Å². The average molecular weight is 367 g/mol. The van der Waals surface area contributed by atoms with Crippen molar-refractivity contribution in [3.8, 4) is 5.75 Å². The van der Waals surface area contributed by atoms with Gasteiger partial charge in [-0.2, -0.15) is 0 Å². The molecule has 0 aliphatic heterocycles. The Hall–Kier alpha value is -2.25. The first-order valence-electron chi connectivity index (χ1n) is 7.04. The van der Waals surface area contributed by atoms with Crippen LogP contribution in [0.25, 0.3) is 0 Å². The number of nitrogens with zero attached hydrogens (tertiary/aromatic N) is 1. The second kappa shape index (κ2) is 8.56. The van der Waals surface area contributed by atoms with Gasteiger partial charge in [-0.25, -0.2) is 9.78 Å². The number of rotatable bonds is 7. The van der Waals surface area contributed by atoms with E-state index in [1.165, 1.54) is 18.3 Å². The number of hydrogen-bond acceptors (Lipinski definition) is 5. The number of carbonyl (C=O) groups excluding carboxylic acids is 1. The van der Waals surface area contributed by atoms with Crippen molar-refractivity contribution in [2.24, 2.45) is 0 Å². The molecule has 0 atom stereocenters. The molecule has 0 bridgehead atoms. The molecule has 2 rings (SSSR count). The zero-order valence-electron chi connectivity index (χ0n) is 12.8. The molecule has 2 N–H and O–H groups in total. The van der Waals surface area contributed by atoms with Crippen LogP contribution in [0.5, 0.6) is 5.75 Å². The van der Waals surface area contributed by atoms with Gasteiger partial charge in [0.25, 0.3) is 0 Å².